The normalized spacial score (nSPS) is 29.3. The predicted molar refractivity (Wildman–Crippen MR) is 177 cm³/mol. The summed E-state index contributed by atoms with van der Waals surface area (Å²) in [6.45, 7) is 6.56. The summed E-state index contributed by atoms with van der Waals surface area (Å²) in [6.07, 6.45) is -11.6. The van der Waals surface area contributed by atoms with Crippen molar-refractivity contribution in [3.63, 3.8) is 0 Å². The van der Waals surface area contributed by atoms with Crippen molar-refractivity contribution in [1.29, 1.82) is 0 Å². The van der Waals surface area contributed by atoms with Gasteiger partial charge in [0.05, 0.1) is 58.4 Å². The Morgan fingerprint density at radius 2 is 1.40 bits per heavy atom. The number of aliphatic hydroxyl groups is 5. The van der Waals surface area contributed by atoms with Gasteiger partial charge in [0.1, 0.15) is 49.0 Å². The van der Waals surface area contributed by atoms with Crippen LogP contribution in [0.4, 0.5) is 0 Å². The minimum Gasteiger partial charge on any atom is -0.491 e. The fourth-order valence-corrected chi connectivity index (χ4v) is 5.47. The lowest BCUT2D eigenvalue weighted by molar-refractivity contribution is -0.335. The molecule has 18 heteroatoms. The predicted octanol–water partition coefficient (Wildman–Crippen LogP) is -1.69. The molecule has 8 unspecified atom stereocenters. The number of carbonyl (C=O) groups excluding carboxylic acids is 3. The zero-order chi connectivity index (χ0) is 38.4. The minimum absolute atomic E-state index is 0.00308. The van der Waals surface area contributed by atoms with E-state index in [2.05, 4.69) is 5.32 Å². The molecule has 2 saturated heterocycles. The van der Waals surface area contributed by atoms with Gasteiger partial charge in [0.25, 0.3) is 0 Å². The van der Waals surface area contributed by atoms with Crippen LogP contribution in [0.15, 0.2) is 24.3 Å². The lowest BCUT2D eigenvalue weighted by Crippen LogP contribution is -2.66. The molecule has 2 fully saturated rings. The van der Waals surface area contributed by atoms with Gasteiger partial charge in [-0.2, -0.15) is 0 Å². The topological polar surface area (TPSA) is 247 Å². The van der Waals surface area contributed by atoms with E-state index in [4.69, 9.17) is 42.6 Å². The number of aliphatic hydroxyl groups excluding tert-OH is 4. The summed E-state index contributed by atoms with van der Waals surface area (Å²) in [7, 11) is 1.21. The second kappa shape index (κ2) is 21.1. The Balaban J connectivity index is 1.35. The number of ether oxygens (including phenoxy) is 9. The number of methoxy groups -OCH3 is 1. The van der Waals surface area contributed by atoms with Crippen LogP contribution in [0.5, 0.6) is 5.75 Å². The van der Waals surface area contributed by atoms with Crippen LogP contribution in [0.1, 0.15) is 38.1 Å². The van der Waals surface area contributed by atoms with Gasteiger partial charge in [-0.25, -0.2) is 4.79 Å². The SMILES string of the molecule is COC1OC(C(=O)OCCOCCOCCOCCOc2ccc(C(=O)C(C)(C)O)cc2)[C@@H](O[C@@H]2OC(CO)C(O)C(C)C2NC(C)=O)C(O)C1O. The van der Waals surface area contributed by atoms with Gasteiger partial charge < -0.3 is 73.5 Å². The fourth-order valence-electron chi connectivity index (χ4n) is 5.47. The van der Waals surface area contributed by atoms with Crippen molar-refractivity contribution in [3.05, 3.63) is 29.8 Å². The molecule has 0 bridgehead atoms. The summed E-state index contributed by atoms with van der Waals surface area (Å²) in [5.41, 5.74) is -1.07. The number of esters is 1. The van der Waals surface area contributed by atoms with Crippen LogP contribution < -0.4 is 10.1 Å². The summed E-state index contributed by atoms with van der Waals surface area (Å²) in [4.78, 5) is 37.1. The smallest absolute Gasteiger partial charge is 0.338 e. The molecule has 2 heterocycles. The van der Waals surface area contributed by atoms with Crippen LogP contribution in [0.3, 0.4) is 0 Å². The summed E-state index contributed by atoms with van der Waals surface area (Å²) in [5.74, 6) is -1.92. The molecule has 1 aromatic rings. The van der Waals surface area contributed by atoms with Gasteiger partial charge in [-0.3, -0.25) is 9.59 Å². The first-order valence-corrected chi connectivity index (χ1v) is 17.0. The number of ketones is 1. The molecule has 1 aromatic carbocycles. The van der Waals surface area contributed by atoms with E-state index >= 15 is 0 Å². The molecule has 6 N–H and O–H groups in total. The van der Waals surface area contributed by atoms with Crippen LogP contribution in [0, 0.1) is 5.92 Å². The van der Waals surface area contributed by atoms with Crippen molar-refractivity contribution in [2.24, 2.45) is 5.92 Å². The van der Waals surface area contributed by atoms with Crippen molar-refractivity contribution in [1.82, 2.24) is 5.32 Å². The van der Waals surface area contributed by atoms with Crippen LogP contribution >= 0.6 is 0 Å². The third-order valence-corrected chi connectivity index (χ3v) is 8.32. The number of Topliss-reactive ketones (excluding diaryl/α,β-unsaturated/α-hetero) is 1. The highest BCUT2D eigenvalue weighted by Crippen LogP contribution is 2.32. The Morgan fingerprint density at radius 3 is 1.94 bits per heavy atom. The van der Waals surface area contributed by atoms with Crippen LogP contribution in [0.25, 0.3) is 0 Å². The van der Waals surface area contributed by atoms with Crippen molar-refractivity contribution in [2.45, 2.75) is 88.5 Å². The number of hydrogen-bond donors (Lipinski definition) is 6. The molecule has 0 radical (unpaired) electrons. The van der Waals surface area contributed by atoms with Gasteiger partial charge in [0, 0.05) is 25.5 Å². The number of hydrogen-bond acceptors (Lipinski definition) is 17. The molecular weight excluding hydrogens is 694 g/mol. The van der Waals surface area contributed by atoms with Crippen molar-refractivity contribution >= 4 is 17.7 Å². The Labute approximate surface area is 302 Å². The molecule has 2 aliphatic rings. The molecule has 0 aromatic heterocycles. The van der Waals surface area contributed by atoms with Crippen LogP contribution in [0.2, 0.25) is 0 Å². The highest BCUT2D eigenvalue weighted by atomic mass is 16.7. The molecule has 2 aliphatic heterocycles. The van der Waals surface area contributed by atoms with Gasteiger partial charge >= 0.3 is 5.97 Å². The average molecular weight is 748 g/mol. The van der Waals surface area contributed by atoms with E-state index in [9.17, 15) is 39.9 Å². The average Bonchev–Trinajstić information content (AvgIpc) is 3.11. The molecule has 296 valence electrons. The number of amides is 1. The quantitative estimate of drug-likeness (QED) is 0.0467. The van der Waals surface area contributed by atoms with Crippen LogP contribution in [-0.4, -0.2) is 171 Å². The maximum atomic E-state index is 13.1. The molecule has 18 nitrogen and oxygen atoms in total. The third-order valence-electron chi connectivity index (χ3n) is 8.32. The lowest BCUT2D eigenvalue weighted by atomic mass is 9.88. The Kier molecular flexibility index (Phi) is 17.7. The van der Waals surface area contributed by atoms with E-state index in [1.807, 2.05) is 0 Å². The first kappa shape index (κ1) is 43.6. The largest absolute Gasteiger partial charge is 0.491 e. The summed E-state index contributed by atoms with van der Waals surface area (Å²) in [5, 5.41) is 54.1. The monoisotopic (exact) mass is 747 g/mol. The number of rotatable bonds is 21. The van der Waals surface area contributed by atoms with E-state index in [-0.39, 0.29) is 38.8 Å². The van der Waals surface area contributed by atoms with E-state index in [0.29, 0.717) is 31.1 Å². The number of carbonyl (C=O) groups is 3. The zero-order valence-electron chi connectivity index (χ0n) is 30.1. The van der Waals surface area contributed by atoms with Gasteiger partial charge in [-0.15, -0.1) is 0 Å². The summed E-state index contributed by atoms with van der Waals surface area (Å²) in [6, 6.07) is 5.51. The van der Waals surface area contributed by atoms with Gasteiger partial charge in [-0.1, -0.05) is 6.92 Å². The summed E-state index contributed by atoms with van der Waals surface area (Å²) < 4.78 is 49.5. The molecular formula is C34H53NO17. The molecule has 0 saturated carbocycles. The molecule has 1 amide bonds. The van der Waals surface area contributed by atoms with Gasteiger partial charge in [0.2, 0.25) is 5.91 Å². The first-order chi connectivity index (χ1) is 24.7. The lowest BCUT2D eigenvalue weighted by Gasteiger charge is -2.47. The first-order valence-electron chi connectivity index (χ1n) is 17.0. The van der Waals surface area contributed by atoms with Gasteiger partial charge in [0.15, 0.2) is 24.5 Å². The molecule has 0 aliphatic carbocycles. The van der Waals surface area contributed by atoms with Crippen molar-refractivity contribution < 1.29 is 82.5 Å². The maximum Gasteiger partial charge on any atom is 0.338 e. The Hall–Kier alpha value is -2.85. The fraction of sp³-hybridized carbons (Fsp3) is 0.735. The van der Waals surface area contributed by atoms with Gasteiger partial charge in [-0.05, 0) is 38.1 Å². The molecule has 52 heavy (non-hydrogen) atoms. The highest BCUT2D eigenvalue weighted by Gasteiger charge is 2.53. The highest BCUT2D eigenvalue weighted by molar-refractivity contribution is 6.01. The third kappa shape index (κ3) is 12.6. The molecule has 10 atom stereocenters. The van der Waals surface area contributed by atoms with Crippen molar-refractivity contribution in [2.75, 3.05) is 66.6 Å². The van der Waals surface area contributed by atoms with E-state index in [1.54, 1.807) is 31.2 Å². The number of nitrogens with one attached hydrogen (secondary N) is 1. The molecule has 3 rings (SSSR count). The molecule has 0 spiro atoms. The Morgan fingerprint density at radius 1 is 0.827 bits per heavy atom. The number of benzene rings is 1. The van der Waals surface area contributed by atoms with E-state index in [1.165, 1.54) is 27.9 Å². The Bertz CT molecular complexity index is 1240. The standard InChI is InChI=1S/C34H53NO17/c1-19-24(35-20(2)37)32(50-23(18-36)25(19)38)51-28-26(39)27(40)33(44-5)52-29(28)31(42)49-17-15-47-13-11-45-10-12-46-14-16-48-22-8-6-21(7-9-22)30(41)34(3,4)43/h6-9,19,23-29,32-33,36,38-40,43H,10-18H2,1-5H3,(H,35,37)/t19?,23?,24?,25?,26?,27?,28-,29?,32-,33?/m0/s1. The zero-order valence-corrected chi connectivity index (χ0v) is 30.1. The minimum atomic E-state index is -1.73. The maximum absolute atomic E-state index is 13.1. The second-order valence-corrected chi connectivity index (χ2v) is 12.8. The second-order valence-electron chi connectivity index (χ2n) is 12.8. The van der Waals surface area contributed by atoms with E-state index < -0.39 is 85.2 Å². The summed E-state index contributed by atoms with van der Waals surface area (Å²) >= 11 is 0. The van der Waals surface area contributed by atoms with Crippen LogP contribution in [-0.2, 0) is 47.5 Å². The van der Waals surface area contributed by atoms with E-state index in [0.717, 1.165) is 0 Å². The van der Waals surface area contributed by atoms with Crippen molar-refractivity contribution in [3.8, 4) is 5.75 Å².